The maximum atomic E-state index is 13.9. The second kappa shape index (κ2) is 10.6. The van der Waals surface area contributed by atoms with Gasteiger partial charge in [-0.25, -0.2) is 8.78 Å². The lowest BCUT2D eigenvalue weighted by molar-refractivity contribution is -0.121. The highest BCUT2D eigenvalue weighted by molar-refractivity contribution is 6.31. The fourth-order valence-corrected chi connectivity index (χ4v) is 4.08. The number of rotatable bonds is 7. The number of aryl methyl sites for hydroxylation is 1. The van der Waals surface area contributed by atoms with E-state index in [9.17, 15) is 28.3 Å². The van der Waals surface area contributed by atoms with E-state index in [0.29, 0.717) is 11.8 Å². The fourth-order valence-electron chi connectivity index (χ4n) is 3.90. The first-order valence-electron chi connectivity index (χ1n) is 11.0. The van der Waals surface area contributed by atoms with Crippen molar-refractivity contribution in [2.45, 2.75) is 20.0 Å². The molecule has 2 aromatic carbocycles. The molecule has 0 spiro atoms. The van der Waals surface area contributed by atoms with Gasteiger partial charge >= 0.3 is 0 Å². The van der Waals surface area contributed by atoms with Crippen molar-refractivity contribution < 1.29 is 33.3 Å². The third-order valence-electron chi connectivity index (χ3n) is 5.69. The zero-order valence-corrected chi connectivity index (χ0v) is 20.2. The minimum atomic E-state index is -0.826. The van der Waals surface area contributed by atoms with E-state index in [1.165, 1.54) is 41.0 Å². The molecule has 1 aliphatic heterocycles. The Morgan fingerprint density at radius 3 is 2.49 bits per heavy atom. The van der Waals surface area contributed by atoms with Crippen molar-refractivity contribution in [1.82, 2.24) is 9.55 Å². The third-order valence-corrected chi connectivity index (χ3v) is 6.01. The molecule has 194 valence electrons. The van der Waals surface area contributed by atoms with E-state index < -0.39 is 40.6 Å². The summed E-state index contributed by atoms with van der Waals surface area (Å²) in [5.74, 6) is -2.77. The molecule has 2 heterocycles. The summed E-state index contributed by atoms with van der Waals surface area (Å²) in [4.78, 5) is 44.6. The summed E-state index contributed by atoms with van der Waals surface area (Å²) in [6.45, 7) is -0.201. The lowest BCUT2D eigenvalue weighted by Gasteiger charge is -2.18. The van der Waals surface area contributed by atoms with Crippen LogP contribution in [0.1, 0.15) is 17.8 Å². The number of hydrogen-bond donors (Lipinski definition) is 2. The number of nitrogens with zero attached hydrogens (tertiary/aromatic N) is 4. The van der Waals surface area contributed by atoms with Crippen molar-refractivity contribution in [2.75, 3.05) is 29.7 Å². The van der Waals surface area contributed by atoms with Gasteiger partial charge in [-0.2, -0.15) is 4.98 Å². The van der Waals surface area contributed by atoms with Crippen LogP contribution < -0.4 is 20.1 Å². The zero-order chi connectivity index (χ0) is 26.9. The number of aliphatic hydroxyl groups is 2. The number of fused-ring (bicyclic) bond motifs is 1. The SMILES string of the molecule is Cc1nc(OCc2ccc(F)cc2F)c(Cl)c(=O)n1-c1ccc2c(c1)N(C(=O)CO)CN2C(=O)CCO. The number of benzene rings is 2. The average Bonchev–Trinajstić information content (AvgIpc) is 3.25. The molecule has 0 atom stereocenters. The molecular weight excluding hydrogens is 514 g/mol. The largest absolute Gasteiger partial charge is 0.471 e. The molecule has 0 saturated heterocycles. The first-order chi connectivity index (χ1) is 17.7. The Kier molecular flexibility index (Phi) is 7.52. The lowest BCUT2D eigenvalue weighted by atomic mass is 10.2. The number of carbonyl (C=O) groups excluding carboxylic acids is 2. The van der Waals surface area contributed by atoms with Crippen molar-refractivity contribution in [2.24, 2.45) is 0 Å². The van der Waals surface area contributed by atoms with Gasteiger partial charge in [-0.1, -0.05) is 11.6 Å². The average molecular weight is 535 g/mol. The van der Waals surface area contributed by atoms with E-state index in [4.69, 9.17) is 21.4 Å². The highest BCUT2D eigenvalue weighted by Gasteiger charge is 2.33. The van der Waals surface area contributed by atoms with E-state index in [0.717, 1.165) is 10.6 Å². The first kappa shape index (κ1) is 26.2. The Balaban J connectivity index is 1.70. The molecule has 0 bridgehead atoms. The molecule has 4 rings (SSSR count). The second-order valence-corrected chi connectivity index (χ2v) is 8.41. The van der Waals surface area contributed by atoms with Crippen LogP contribution in [0, 0.1) is 18.6 Å². The highest BCUT2D eigenvalue weighted by Crippen LogP contribution is 2.38. The van der Waals surface area contributed by atoms with Gasteiger partial charge in [0.2, 0.25) is 11.8 Å². The van der Waals surface area contributed by atoms with E-state index in [-0.39, 0.29) is 54.9 Å². The Morgan fingerprint density at radius 2 is 1.81 bits per heavy atom. The zero-order valence-electron chi connectivity index (χ0n) is 19.4. The molecule has 2 amide bonds. The molecule has 0 radical (unpaired) electrons. The van der Waals surface area contributed by atoms with Crippen LogP contribution in [0.2, 0.25) is 5.02 Å². The van der Waals surface area contributed by atoms with Gasteiger partial charge < -0.3 is 14.9 Å². The van der Waals surface area contributed by atoms with Gasteiger partial charge in [-0.05, 0) is 37.3 Å². The fraction of sp³-hybridized carbons (Fsp3) is 0.250. The van der Waals surface area contributed by atoms with Crippen molar-refractivity contribution in [1.29, 1.82) is 0 Å². The van der Waals surface area contributed by atoms with Crippen molar-refractivity contribution in [3.63, 3.8) is 0 Å². The van der Waals surface area contributed by atoms with Gasteiger partial charge in [0.25, 0.3) is 11.5 Å². The van der Waals surface area contributed by atoms with Gasteiger partial charge in [-0.3, -0.25) is 28.8 Å². The van der Waals surface area contributed by atoms with Crippen LogP contribution in [0.5, 0.6) is 5.88 Å². The van der Waals surface area contributed by atoms with E-state index in [1.54, 1.807) is 0 Å². The molecular formula is C24H21ClF2N4O6. The molecule has 0 fully saturated rings. The summed E-state index contributed by atoms with van der Waals surface area (Å²) in [7, 11) is 0. The van der Waals surface area contributed by atoms with E-state index >= 15 is 0 Å². The van der Waals surface area contributed by atoms with Crippen molar-refractivity contribution in [3.05, 3.63) is 74.8 Å². The van der Waals surface area contributed by atoms with Crippen LogP contribution in [-0.2, 0) is 16.2 Å². The smallest absolute Gasteiger partial charge is 0.280 e. The molecule has 10 nitrogen and oxygen atoms in total. The predicted octanol–water partition coefficient (Wildman–Crippen LogP) is 2.06. The molecule has 0 saturated carbocycles. The molecule has 37 heavy (non-hydrogen) atoms. The normalized spacial score (nSPS) is 12.6. The Bertz CT molecular complexity index is 1450. The summed E-state index contributed by atoms with van der Waals surface area (Å²) < 4.78 is 33.6. The predicted molar refractivity (Wildman–Crippen MR) is 129 cm³/mol. The van der Waals surface area contributed by atoms with Crippen molar-refractivity contribution in [3.8, 4) is 11.6 Å². The third kappa shape index (κ3) is 5.03. The molecule has 1 aromatic heterocycles. The van der Waals surface area contributed by atoms with Gasteiger partial charge in [0.05, 0.1) is 30.1 Å². The number of ether oxygens (including phenoxy) is 1. The summed E-state index contributed by atoms with van der Waals surface area (Å²) >= 11 is 6.22. The first-order valence-corrected chi connectivity index (χ1v) is 11.4. The monoisotopic (exact) mass is 534 g/mol. The molecule has 0 aliphatic carbocycles. The van der Waals surface area contributed by atoms with Gasteiger partial charge in [0, 0.05) is 11.6 Å². The summed E-state index contributed by atoms with van der Waals surface area (Å²) in [6.07, 6.45) is -0.163. The summed E-state index contributed by atoms with van der Waals surface area (Å²) in [5, 5.41) is 18.1. The van der Waals surface area contributed by atoms with Gasteiger partial charge in [-0.15, -0.1) is 0 Å². The lowest BCUT2D eigenvalue weighted by Crippen LogP contribution is -2.39. The van der Waals surface area contributed by atoms with E-state index in [1.807, 2.05) is 0 Å². The minimum Gasteiger partial charge on any atom is -0.471 e. The standard InChI is InChI=1S/C24H21ClF2N4O6/c1-13-28-23(37-11-14-2-3-15(26)8-17(14)27)22(25)24(36)31(13)16-4-5-18-19(9-16)30(21(35)10-33)12-29(18)20(34)6-7-32/h2-5,8-9,32-33H,6-7,10-12H2,1H3. The molecule has 1 aliphatic rings. The van der Waals surface area contributed by atoms with Crippen LogP contribution in [0.4, 0.5) is 20.2 Å². The van der Waals surface area contributed by atoms with Crippen molar-refractivity contribution >= 4 is 34.8 Å². The maximum absolute atomic E-state index is 13.9. The van der Waals surface area contributed by atoms with Crippen LogP contribution in [0.25, 0.3) is 5.69 Å². The van der Waals surface area contributed by atoms with Gasteiger partial charge in [0.1, 0.15) is 37.3 Å². The van der Waals surface area contributed by atoms with Crippen LogP contribution >= 0.6 is 11.6 Å². The molecule has 3 aromatic rings. The van der Waals surface area contributed by atoms with E-state index in [2.05, 4.69) is 4.98 Å². The summed E-state index contributed by atoms with van der Waals surface area (Å²) in [5.41, 5.74) is 0.204. The Hall–Kier alpha value is -3.87. The number of aliphatic hydroxyl groups excluding tert-OH is 2. The summed E-state index contributed by atoms with van der Waals surface area (Å²) in [6, 6.07) is 7.48. The van der Waals surface area contributed by atoms with Gasteiger partial charge in [0.15, 0.2) is 5.02 Å². The topological polar surface area (TPSA) is 125 Å². The van der Waals surface area contributed by atoms with Crippen LogP contribution in [0.15, 0.2) is 41.2 Å². The van der Waals surface area contributed by atoms with Crippen LogP contribution in [-0.4, -0.2) is 51.5 Å². The number of hydrogen-bond acceptors (Lipinski definition) is 7. The number of anilines is 2. The number of amides is 2. The maximum Gasteiger partial charge on any atom is 0.280 e. The highest BCUT2D eigenvalue weighted by atomic mass is 35.5. The molecule has 0 unspecified atom stereocenters. The molecule has 13 heteroatoms. The minimum absolute atomic E-state index is 0.0358. The number of halogens is 3. The Labute approximate surface area is 213 Å². The number of carbonyl (C=O) groups is 2. The quantitative estimate of drug-likeness (QED) is 0.475. The Morgan fingerprint density at radius 1 is 1.08 bits per heavy atom. The second-order valence-electron chi connectivity index (χ2n) is 8.03. The van der Waals surface area contributed by atoms with Crippen LogP contribution in [0.3, 0.4) is 0 Å². The molecule has 2 N–H and O–H groups in total. The number of aromatic nitrogens is 2.